The minimum absolute atomic E-state index is 0.0403. The van der Waals surface area contributed by atoms with Crippen LogP contribution in [0.25, 0.3) is 22.1 Å². The number of anilines is 2. The van der Waals surface area contributed by atoms with Gasteiger partial charge in [0, 0.05) is 12.4 Å². The number of phosphoric acid groups is 6. The number of halogens is 3. The Balaban J connectivity index is 0.000000264. The van der Waals surface area contributed by atoms with Crippen LogP contribution in [0.15, 0.2) is 28.0 Å². The number of H-pyrrole nitrogens is 2. The highest BCUT2D eigenvalue weighted by molar-refractivity contribution is 7.67. The second kappa shape index (κ2) is 20.0. The molecule has 394 valence electrons. The number of nitrogens with one attached hydrogen (secondary N) is 2. The van der Waals surface area contributed by atoms with Crippen molar-refractivity contribution in [3.63, 3.8) is 0 Å². The first kappa shape index (κ1) is 57.9. The number of hydrogen-bond acceptors (Lipinski definition) is 22. The van der Waals surface area contributed by atoms with Crippen molar-refractivity contribution in [3.8, 4) is 24.7 Å². The smallest absolute Gasteiger partial charge is 0.386 e. The Morgan fingerprint density at radius 1 is 0.704 bits per heavy atom. The zero-order valence-corrected chi connectivity index (χ0v) is 40.1. The lowest BCUT2D eigenvalue weighted by Gasteiger charge is -2.25. The molecule has 0 bridgehead atoms. The summed E-state index contributed by atoms with van der Waals surface area (Å²) in [5.74, 6) is 1.32. The summed E-state index contributed by atoms with van der Waals surface area (Å²) < 4.78 is 150. The van der Waals surface area contributed by atoms with E-state index in [9.17, 15) is 71.2 Å². The normalized spacial score (nSPS) is 29.1. The lowest BCUT2D eigenvalue weighted by molar-refractivity contribution is -0.0754. The Hall–Kier alpha value is -3.99. The average molecular weight is 1140 g/mol. The Kier molecular flexibility index (Phi) is 16.3. The van der Waals surface area contributed by atoms with Gasteiger partial charge >= 0.3 is 46.9 Å². The van der Waals surface area contributed by atoms with Gasteiger partial charge in [0.2, 0.25) is 23.2 Å². The quantitative estimate of drug-likeness (QED) is 0.0493. The van der Waals surface area contributed by atoms with Crippen molar-refractivity contribution in [2.45, 2.75) is 74.3 Å². The molecule has 34 nitrogen and oxygen atoms in total. The summed E-state index contributed by atoms with van der Waals surface area (Å²) in [4.78, 5) is 108. The molecule has 16 N–H and O–H groups in total. The molecule has 2 saturated heterocycles. The molecule has 71 heavy (non-hydrogen) atoms. The van der Waals surface area contributed by atoms with Crippen LogP contribution in [0.4, 0.5) is 25.1 Å². The third-order valence-corrected chi connectivity index (χ3v) is 17.2. The largest absolute Gasteiger partial charge is 0.490 e. The molecule has 4 aromatic heterocycles. The van der Waals surface area contributed by atoms with E-state index in [0.717, 1.165) is 24.6 Å². The molecule has 43 heteroatoms. The minimum Gasteiger partial charge on any atom is -0.386 e. The van der Waals surface area contributed by atoms with Crippen LogP contribution in [0.1, 0.15) is 26.3 Å². The molecule has 0 saturated carbocycles. The third kappa shape index (κ3) is 12.9. The summed E-state index contributed by atoms with van der Waals surface area (Å²) in [6.45, 7) is 1.85. The van der Waals surface area contributed by atoms with Crippen LogP contribution in [-0.4, -0.2) is 126 Å². The molecule has 6 rings (SSSR count). The summed E-state index contributed by atoms with van der Waals surface area (Å²) in [5, 5.41) is 20.3. The fourth-order valence-corrected chi connectivity index (χ4v) is 13.1. The highest BCUT2D eigenvalue weighted by Gasteiger charge is 2.62. The molecule has 6 unspecified atom stereocenters. The van der Waals surface area contributed by atoms with Crippen LogP contribution in [0.5, 0.6) is 0 Å². The van der Waals surface area contributed by atoms with E-state index in [-0.39, 0.29) is 17.0 Å². The van der Waals surface area contributed by atoms with Gasteiger partial charge in [0.25, 0.3) is 11.1 Å². The van der Waals surface area contributed by atoms with Crippen LogP contribution in [0.2, 0.25) is 0 Å². The Labute approximate surface area is 390 Å². The number of nitrogen functional groups attached to an aromatic ring is 2. The molecular weight excluding hydrogens is 1110 g/mol. The number of terminal acetylenes is 2. The van der Waals surface area contributed by atoms with E-state index in [4.69, 9.17) is 53.4 Å². The SMILES string of the molecule is C#CC1(F)[C@@H](O)[C@@H]([C@@H](C)OP(=O)(O)OP(=O)(O)OP(=O)(O)O)O[C@H]1n1cc(F)c2c(=O)[nH]c(N)nc21.C#CC1(F)[C@@H](O)[C@@H]([C@@H](C)OP(=O)(O)OP(=O)(O)OP(=O)(O)O)O[C@H]1n1ccc2c(=O)[nH]c(N)nc21. The van der Waals surface area contributed by atoms with E-state index in [0.29, 0.717) is 10.8 Å². The van der Waals surface area contributed by atoms with Gasteiger partial charge in [0.15, 0.2) is 29.6 Å². The number of nitrogens with zero attached hydrogens (tertiary/aromatic N) is 4. The summed E-state index contributed by atoms with van der Waals surface area (Å²) >= 11 is 0. The Morgan fingerprint density at radius 2 is 1.10 bits per heavy atom. The number of aromatic amines is 2. The summed E-state index contributed by atoms with van der Waals surface area (Å²) in [5.41, 5.74) is 2.31. The minimum atomic E-state index is -5.87. The van der Waals surface area contributed by atoms with Crippen LogP contribution < -0.4 is 22.6 Å². The van der Waals surface area contributed by atoms with Crippen molar-refractivity contribution in [1.82, 2.24) is 29.1 Å². The Morgan fingerprint density at radius 3 is 1.51 bits per heavy atom. The summed E-state index contributed by atoms with van der Waals surface area (Å²) in [6, 6.07) is 1.23. The van der Waals surface area contributed by atoms with Crippen LogP contribution in [-0.2, 0) is 63.2 Å². The van der Waals surface area contributed by atoms with Crippen molar-refractivity contribution in [2.75, 3.05) is 11.5 Å². The van der Waals surface area contributed by atoms with E-state index in [1.54, 1.807) is 11.8 Å². The van der Waals surface area contributed by atoms with Crippen molar-refractivity contribution < 1.29 is 126 Å². The summed E-state index contributed by atoms with van der Waals surface area (Å²) in [6.07, 6.45) is -3.86. The maximum absolute atomic E-state index is 15.7. The van der Waals surface area contributed by atoms with Crippen molar-refractivity contribution >= 4 is 80.9 Å². The number of alkyl halides is 2. The van der Waals surface area contributed by atoms with E-state index >= 15 is 8.78 Å². The van der Waals surface area contributed by atoms with Crippen LogP contribution in [0.3, 0.4) is 0 Å². The first-order valence-electron chi connectivity index (χ1n) is 18.3. The zero-order valence-electron chi connectivity index (χ0n) is 34.8. The van der Waals surface area contributed by atoms with Crippen molar-refractivity contribution in [2.24, 2.45) is 0 Å². The number of hydrogen-bond donors (Lipinski definition) is 14. The topological polar surface area (TPSA) is 532 Å². The number of nitrogens with two attached hydrogens (primary N) is 2. The number of fused-ring (bicyclic) bond motifs is 2. The maximum atomic E-state index is 15.7. The molecule has 0 spiro atoms. The monoisotopic (exact) mass is 1140 g/mol. The standard InChI is InChI=1S/C14H17F2N4O13P3.C14H18FN4O13P3/c1-3-14(16)9(21)8(5(2)31-35(26,27)33-36(28,29)32-34(23,24)25)30-12(14)20-4-6(15)7-10(20)18-13(17)19-11(7)22;1-3-14(15)9(20)8(6(2)30-34(25,26)32-35(27,28)31-33(22,23)24)29-12(14)19-5-4-7-10(19)17-13(16)18-11(7)21/h1,4-5,8-9,12,21H,2H3,(H,26,27)(H,28,29)(H2,23,24,25)(H3,17,18,19,22);1,4-6,8-9,12,20H,2H3,(H,25,26)(H,27,28)(H2,22,23,24)(H3,16,17,18,21)/t5-,8-,9+,12-,14?;6-,8-,9+,12-,14?/m11/s1. The van der Waals surface area contributed by atoms with Gasteiger partial charge in [0.05, 0.1) is 17.6 Å². The van der Waals surface area contributed by atoms with E-state index in [2.05, 4.69) is 41.2 Å². The first-order valence-corrected chi connectivity index (χ1v) is 27.3. The first-order chi connectivity index (χ1) is 32.2. The second-order valence-electron chi connectivity index (χ2n) is 14.4. The zero-order chi connectivity index (χ0) is 54.0. The average Bonchev–Trinajstić information content (AvgIpc) is 3.88. The van der Waals surface area contributed by atoms with Gasteiger partial charge in [-0.25, -0.2) is 40.6 Å². The molecule has 0 aliphatic carbocycles. The molecule has 2 aliphatic heterocycles. The van der Waals surface area contributed by atoms with E-state index in [1.807, 2.05) is 4.98 Å². The maximum Gasteiger partial charge on any atom is 0.490 e. The molecule has 4 aromatic rings. The fourth-order valence-electron chi connectivity index (χ4n) is 6.69. The molecule has 0 amide bonds. The molecule has 14 atom stereocenters. The van der Waals surface area contributed by atoms with E-state index < -0.39 is 141 Å². The van der Waals surface area contributed by atoms with Crippen molar-refractivity contribution in [1.29, 1.82) is 0 Å². The van der Waals surface area contributed by atoms with Gasteiger partial charge in [-0.2, -0.15) is 27.2 Å². The van der Waals surface area contributed by atoms with Crippen LogP contribution in [0, 0.1) is 30.5 Å². The van der Waals surface area contributed by atoms with E-state index in [1.165, 1.54) is 6.07 Å². The van der Waals surface area contributed by atoms with Gasteiger partial charge in [-0.3, -0.25) is 33.2 Å². The van der Waals surface area contributed by atoms with Gasteiger partial charge in [-0.05, 0) is 19.9 Å². The number of phosphoric ester groups is 2. The molecule has 0 radical (unpaired) electrons. The summed E-state index contributed by atoms with van der Waals surface area (Å²) in [7, 11) is -34.3. The highest BCUT2D eigenvalue weighted by atomic mass is 31.3. The van der Waals surface area contributed by atoms with Crippen LogP contribution >= 0.6 is 46.9 Å². The second-order valence-corrected chi connectivity index (χ2v) is 23.1. The molecule has 2 fully saturated rings. The lowest BCUT2D eigenvalue weighted by atomic mass is 9.95. The highest BCUT2D eigenvalue weighted by Crippen LogP contribution is 2.68. The number of aliphatic hydroxyl groups is 2. The third-order valence-electron chi connectivity index (χ3n) is 9.33. The molecule has 0 aromatic carbocycles. The van der Waals surface area contributed by atoms with Gasteiger partial charge in [-0.15, -0.1) is 12.8 Å². The number of rotatable bonds is 16. The predicted octanol–water partition coefficient (Wildman–Crippen LogP) is -0.584. The van der Waals surface area contributed by atoms with Gasteiger partial charge in [0.1, 0.15) is 29.8 Å². The molecular formula is C28H35F3N8O26P6. The number of ether oxygens (including phenoxy) is 2. The molecule has 2 aliphatic rings. The number of aromatic nitrogens is 6. The Bertz CT molecular complexity index is 3240. The van der Waals surface area contributed by atoms with Gasteiger partial charge in [-0.1, -0.05) is 11.8 Å². The fraction of sp³-hybridized carbons (Fsp3) is 0.429. The number of aliphatic hydroxyl groups excluding tert-OH is 2. The molecule has 6 heterocycles. The van der Waals surface area contributed by atoms with Gasteiger partial charge < -0.3 is 74.9 Å². The van der Waals surface area contributed by atoms with Crippen molar-refractivity contribution in [3.05, 3.63) is 45.0 Å². The lowest BCUT2D eigenvalue weighted by Crippen LogP contribution is -2.44. The predicted molar refractivity (Wildman–Crippen MR) is 223 cm³/mol.